The lowest BCUT2D eigenvalue weighted by Gasteiger charge is -2.17. The Morgan fingerprint density at radius 2 is 1.95 bits per heavy atom. The number of fused-ring (bicyclic) bond motifs is 3. The fourth-order valence-electron chi connectivity index (χ4n) is 2.93. The maximum Gasteiger partial charge on any atom is 0.157 e. The third-order valence-corrected chi connectivity index (χ3v) is 4.20. The van der Waals surface area contributed by atoms with Crippen LogP contribution < -0.4 is 4.74 Å². The van der Waals surface area contributed by atoms with Gasteiger partial charge in [-0.05, 0) is 47.0 Å². The van der Waals surface area contributed by atoms with Gasteiger partial charge in [0.1, 0.15) is 5.75 Å². The van der Waals surface area contributed by atoms with Gasteiger partial charge in [0, 0.05) is 6.42 Å². The smallest absolute Gasteiger partial charge is 0.157 e. The summed E-state index contributed by atoms with van der Waals surface area (Å²) in [6.45, 7) is 3.05. The quantitative estimate of drug-likeness (QED) is 0.700. The number of hydrogen-bond donors (Lipinski definition) is 0. The molecule has 22 heavy (non-hydrogen) atoms. The van der Waals surface area contributed by atoms with Gasteiger partial charge in [-0.3, -0.25) is 0 Å². The van der Waals surface area contributed by atoms with Crippen molar-refractivity contribution < 1.29 is 4.74 Å². The number of benzene rings is 1. The van der Waals surface area contributed by atoms with Crippen molar-refractivity contribution in [1.82, 2.24) is 20.2 Å². The number of ether oxygens (including phenoxy) is 1. The first kappa shape index (κ1) is 15.0. The van der Waals surface area contributed by atoms with Crippen molar-refractivity contribution >= 4 is 0 Å². The predicted octanol–water partition coefficient (Wildman–Crippen LogP) is 3.50. The summed E-state index contributed by atoms with van der Waals surface area (Å²) < 4.78 is 7.72. The molecule has 0 amide bonds. The normalized spacial score (nSPS) is 12.8. The number of unbranched alkanes of at least 4 members (excludes halogenated alkanes) is 5. The standard InChI is InChI=1S/C17H24N4O/c1-2-3-4-5-6-7-12-22-15-9-10-16-14(13-15)8-11-17-18-19-20-21(16)17/h9-10,13H,2-8,11-12H2,1H3. The van der Waals surface area contributed by atoms with E-state index in [1.165, 1.54) is 37.7 Å². The largest absolute Gasteiger partial charge is 0.494 e. The number of rotatable bonds is 8. The molecule has 0 saturated carbocycles. The first-order valence-corrected chi connectivity index (χ1v) is 8.42. The minimum atomic E-state index is 0.807. The highest BCUT2D eigenvalue weighted by molar-refractivity contribution is 5.47. The van der Waals surface area contributed by atoms with E-state index in [1.807, 2.05) is 10.7 Å². The zero-order valence-electron chi connectivity index (χ0n) is 13.3. The van der Waals surface area contributed by atoms with Crippen LogP contribution in [0.3, 0.4) is 0 Å². The van der Waals surface area contributed by atoms with Gasteiger partial charge in [-0.1, -0.05) is 39.0 Å². The van der Waals surface area contributed by atoms with Crippen molar-refractivity contribution in [3.05, 3.63) is 29.6 Å². The van der Waals surface area contributed by atoms with Gasteiger partial charge in [-0.15, -0.1) is 5.10 Å². The molecular formula is C17H24N4O. The second-order valence-electron chi connectivity index (χ2n) is 5.91. The fourth-order valence-corrected chi connectivity index (χ4v) is 2.93. The molecule has 0 spiro atoms. The zero-order chi connectivity index (χ0) is 15.2. The van der Waals surface area contributed by atoms with Gasteiger partial charge in [0.25, 0.3) is 0 Å². The van der Waals surface area contributed by atoms with E-state index in [0.717, 1.165) is 43.1 Å². The molecule has 0 saturated heterocycles. The molecule has 2 aromatic rings. The number of aromatic nitrogens is 4. The summed E-state index contributed by atoms with van der Waals surface area (Å²) >= 11 is 0. The highest BCUT2D eigenvalue weighted by atomic mass is 16.5. The number of tetrazole rings is 1. The molecule has 0 atom stereocenters. The van der Waals surface area contributed by atoms with Crippen LogP contribution in [0.15, 0.2) is 18.2 Å². The molecular weight excluding hydrogens is 276 g/mol. The Labute approximate surface area is 131 Å². The van der Waals surface area contributed by atoms with Crippen molar-refractivity contribution in [2.45, 2.75) is 58.3 Å². The molecule has 0 aliphatic carbocycles. The average Bonchev–Trinajstić information content (AvgIpc) is 3.02. The number of aryl methyl sites for hydroxylation is 2. The van der Waals surface area contributed by atoms with Crippen molar-refractivity contribution in [1.29, 1.82) is 0 Å². The van der Waals surface area contributed by atoms with E-state index in [0.29, 0.717) is 0 Å². The molecule has 2 heterocycles. The maximum atomic E-state index is 5.89. The van der Waals surface area contributed by atoms with E-state index >= 15 is 0 Å². The molecule has 3 rings (SSSR count). The highest BCUT2D eigenvalue weighted by Crippen LogP contribution is 2.26. The van der Waals surface area contributed by atoms with Crippen LogP contribution in [0.25, 0.3) is 5.69 Å². The summed E-state index contributed by atoms with van der Waals surface area (Å²) in [6.07, 6.45) is 9.59. The molecule has 0 unspecified atom stereocenters. The zero-order valence-corrected chi connectivity index (χ0v) is 13.3. The third kappa shape index (κ3) is 3.46. The highest BCUT2D eigenvalue weighted by Gasteiger charge is 2.18. The molecule has 1 aliphatic rings. The van der Waals surface area contributed by atoms with Crippen molar-refractivity contribution in [2.75, 3.05) is 6.61 Å². The van der Waals surface area contributed by atoms with Crippen LogP contribution in [0.4, 0.5) is 0 Å². The first-order chi connectivity index (χ1) is 10.9. The third-order valence-electron chi connectivity index (χ3n) is 4.20. The van der Waals surface area contributed by atoms with Gasteiger partial charge >= 0.3 is 0 Å². The average molecular weight is 300 g/mol. The van der Waals surface area contributed by atoms with E-state index < -0.39 is 0 Å². The SMILES string of the molecule is CCCCCCCCOc1ccc2c(c1)CCc1nnnn1-2. The topological polar surface area (TPSA) is 52.8 Å². The number of hydrogen-bond acceptors (Lipinski definition) is 4. The molecule has 5 nitrogen and oxygen atoms in total. The Morgan fingerprint density at radius 3 is 2.86 bits per heavy atom. The molecule has 0 fully saturated rings. The predicted molar refractivity (Wildman–Crippen MR) is 85.4 cm³/mol. The molecule has 118 valence electrons. The van der Waals surface area contributed by atoms with Gasteiger partial charge in [0.15, 0.2) is 5.82 Å². The van der Waals surface area contributed by atoms with E-state index in [2.05, 4.69) is 34.6 Å². The number of nitrogens with zero attached hydrogens (tertiary/aromatic N) is 4. The van der Waals surface area contributed by atoms with Gasteiger partial charge in [0.05, 0.1) is 12.3 Å². The van der Waals surface area contributed by atoms with Crippen LogP contribution in [-0.4, -0.2) is 26.8 Å². The summed E-state index contributed by atoms with van der Waals surface area (Å²) in [6, 6.07) is 6.22. The van der Waals surface area contributed by atoms with Crippen molar-refractivity contribution in [2.24, 2.45) is 0 Å². The van der Waals surface area contributed by atoms with Gasteiger partial charge < -0.3 is 4.74 Å². The summed E-state index contributed by atoms with van der Waals surface area (Å²) in [5, 5.41) is 11.8. The minimum absolute atomic E-state index is 0.807. The Balaban J connectivity index is 1.50. The lowest BCUT2D eigenvalue weighted by molar-refractivity contribution is 0.304. The first-order valence-electron chi connectivity index (χ1n) is 8.42. The monoisotopic (exact) mass is 300 g/mol. The van der Waals surface area contributed by atoms with E-state index in [9.17, 15) is 0 Å². The Morgan fingerprint density at radius 1 is 1.09 bits per heavy atom. The Hall–Kier alpha value is -1.91. The Kier molecular flexibility index (Phi) is 5.03. The maximum absolute atomic E-state index is 5.89. The molecule has 5 heteroatoms. The van der Waals surface area contributed by atoms with Gasteiger partial charge in [-0.25, -0.2) is 0 Å². The summed E-state index contributed by atoms with van der Waals surface area (Å²) in [4.78, 5) is 0. The summed E-state index contributed by atoms with van der Waals surface area (Å²) in [5.74, 6) is 1.90. The Bertz CT molecular complexity index is 608. The van der Waals surface area contributed by atoms with Gasteiger partial charge in [0.2, 0.25) is 0 Å². The fraction of sp³-hybridized carbons (Fsp3) is 0.588. The lowest BCUT2D eigenvalue weighted by Crippen LogP contribution is -2.13. The van der Waals surface area contributed by atoms with E-state index in [4.69, 9.17) is 4.74 Å². The second-order valence-corrected chi connectivity index (χ2v) is 5.91. The van der Waals surface area contributed by atoms with Crippen molar-refractivity contribution in [3.8, 4) is 11.4 Å². The second kappa shape index (κ2) is 7.38. The molecule has 0 bridgehead atoms. The molecule has 0 N–H and O–H groups in total. The van der Waals surface area contributed by atoms with Crippen LogP contribution in [0, 0.1) is 0 Å². The van der Waals surface area contributed by atoms with Crippen LogP contribution in [-0.2, 0) is 12.8 Å². The molecule has 1 aromatic heterocycles. The van der Waals surface area contributed by atoms with Crippen LogP contribution >= 0.6 is 0 Å². The molecule has 1 aromatic carbocycles. The van der Waals surface area contributed by atoms with Crippen LogP contribution in [0.1, 0.15) is 56.8 Å². The van der Waals surface area contributed by atoms with Crippen LogP contribution in [0.5, 0.6) is 5.75 Å². The van der Waals surface area contributed by atoms with E-state index in [-0.39, 0.29) is 0 Å². The molecule has 1 aliphatic heterocycles. The van der Waals surface area contributed by atoms with Gasteiger partial charge in [-0.2, -0.15) is 4.68 Å². The van der Waals surface area contributed by atoms with Crippen LogP contribution in [0.2, 0.25) is 0 Å². The van der Waals surface area contributed by atoms with E-state index in [1.54, 1.807) is 0 Å². The lowest BCUT2D eigenvalue weighted by atomic mass is 10.0. The molecule has 0 radical (unpaired) electrons. The van der Waals surface area contributed by atoms with Crippen molar-refractivity contribution in [3.63, 3.8) is 0 Å². The summed E-state index contributed by atoms with van der Waals surface area (Å²) in [7, 11) is 0. The summed E-state index contributed by atoms with van der Waals surface area (Å²) in [5.41, 5.74) is 2.35. The minimum Gasteiger partial charge on any atom is -0.494 e.